The second-order valence-corrected chi connectivity index (χ2v) is 4.87. The van der Waals surface area contributed by atoms with Gasteiger partial charge in [-0.3, -0.25) is 5.10 Å². The van der Waals surface area contributed by atoms with Gasteiger partial charge in [0.15, 0.2) is 0 Å². The minimum atomic E-state index is 0.499. The highest BCUT2D eigenvalue weighted by Crippen LogP contribution is 2.20. The fraction of sp³-hybridized carbons (Fsp3) is 0.357. The molecular weight excluding hydrogens is 224 g/mol. The molecule has 3 N–H and O–H groups in total. The van der Waals surface area contributed by atoms with E-state index in [1.165, 1.54) is 11.1 Å². The number of hydrogen-bond donors (Lipinski definition) is 3. The van der Waals surface area contributed by atoms with Gasteiger partial charge >= 0.3 is 0 Å². The predicted molar refractivity (Wildman–Crippen MR) is 73.7 cm³/mol. The van der Waals surface area contributed by atoms with Crippen LogP contribution in [0, 0.1) is 6.92 Å². The molecule has 18 heavy (non-hydrogen) atoms. The van der Waals surface area contributed by atoms with Crippen molar-refractivity contribution in [3.05, 3.63) is 35.9 Å². The summed E-state index contributed by atoms with van der Waals surface area (Å²) >= 11 is 0. The van der Waals surface area contributed by atoms with Crippen LogP contribution in [-0.2, 0) is 0 Å². The molecule has 1 atom stereocenters. The third-order valence-corrected chi connectivity index (χ3v) is 3.35. The van der Waals surface area contributed by atoms with Gasteiger partial charge in [-0.2, -0.15) is 5.10 Å². The number of anilines is 1. The molecule has 1 aromatic heterocycles. The number of hydrogen-bond acceptors (Lipinski definition) is 3. The number of nitrogens with zero attached hydrogens (tertiary/aromatic N) is 1. The molecule has 4 nitrogen and oxygen atoms in total. The van der Waals surface area contributed by atoms with E-state index in [0.29, 0.717) is 6.04 Å². The van der Waals surface area contributed by atoms with Crippen LogP contribution in [0.25, 0.3) is 11.3 Å². The van der Waals surface area contributed by atoms with Gasteiger partial charge in [-0.05, 0) is 25.5 Å². The Bertz CT molecular complexity index is 509. The Kier molecular flexibility index (Phi) is 3.02. The summed E-state index contributed by atoms with van der Waals surface area (Å²) < 4.78 is 0. The zero-order valence-electron chi connectivity index (χ0n) is 10.5. The quantitative estimate of drug-likeness (QED) is 0.773. The van der Waals surface area contributed by atoms with Crippen LogP contribution in [0.4, 0.5) is 5.82 Å². The summed E-state index contributed by atoms with van der Waals surface area (Å²) in [4.78, 5) is 0. The number of benzene rings is 1. The average Bonchev–Trinajstić information content (AvgIpc) is 3.02. The molecule has 3 rings (SSSR count). The Morgan fingerprint density at radius 3 is 2.83 bits per heavy atom. The van der Waals surface area contributed by atoms with Crippen LogP contribution in [-0.4, -0.2) is 29.3 Å². The molecule has 1 fully saturated rings. The van der Waals surface area contributed by atoms with Gasteiger partial charge in [0.05, 0.1) is 5.69 Å². The molecule has 0 spiro atoms. The van der Waals surface area contributed by atoms with Gasteiger partial charge in [-0.25, -0.2) is 0 Å². The summed E-state index contributed by atoms with van der Waals surface area (Å²) in [7, 11) is 0. The van der Waals surface area contributed by atoms with Crippen molar-refractivity contribution in [2.75, 3.05) is 18.4 Å². The average molecular weight is 242 g/mol. The van der Waals surface area contributed by atoms with Crippen molar-refractivity contribution in [1.82, 2.24) is 15.5 Å². The lowest BCUT2D eigenvalue weighted by atomic mass is 10.1. The first-order chi connectivity index (χ1) is 8.81. The number of H-pyrrole nitrogens is 1. The van der Waals surface area contributed by atoms with E-state index in [1.807, 2.05) is 0 Å². The first-order valence-electron chi connectivity index (χ1n) is 6.41. The number of aromatic nitrogens is 2. The van der Waals surface area contributed by atoms with Gasteiger partial charge in [-0.15, -0.1) is 0 Å². The smallest absolute Gasteiger partial charge is 0.148 e. The molecule has 0 amide bonds. The van der Waals surface area contributed by atoms with Crippen LogP contribution < -0.4 is 10.6 Å². The van der Waals surface area contributed by atoms with E-state index in [2.05, 4.69) is 58.1 Å². The second kappa shape index (κ2) is 4.82. The molecule has 2 heterocycles. The highest BCUT2D eigenvalue weighted by atomic mass is 15.2. The largest absolute Gasteiger partial charge is 0.365 e. The number of rotatable bonds is 3. The Labute approximate surface area is 107 Å². The molecule has 0 aliphatic carbocycles. The minimum absolute atomic E-state index is 0.499. The van der Waals surface area contributed by atoms with E-state index in [4.69, 9.17) is 0 Å². The molecule has 1 aromatic carbocycles. The Morgan fingerprint density at radius 1 is 1.28 bits per heavy atom. The standard InChI is InChI=1S/C14H18N4/c1-10-2-4-11(5-3-10)13-8-14(18-17-13)16-12-6-7-15-9-12/h2-5,8,12,15H,6-7,9H2,1H3,(H2,16,17,18). The van der Waals surface area contributed by atoms with Crippen LogP contribution in [0.3, 0.4) is 0 Å². The maximum Gasteiger partial charge on any atom is 0.148 e. The van der Waals surface area contributed by atoms with Crippen LogP contribution >= 0.6 is 0 Å². The first kappa shape index (κ1) is 11.3. The topological polar surface area (TPSA) is 52.7 Å². The van der Waals surface area contributed by atoms with Crippen LogP contribution in [0.5, 0.6) is 0 Å². The highest BCUT2D eigenvalue weighted by Gasteiger charge is 2.15. The number of nitrogens with one attached hydrogen (secondary N) is 3. The van der Waals surface area contributed by atoms with Crippen molar-refractivity contribution in [2.45, 2.75) is 19.4 Å². The van der Waals surface area contributed by atoms with E-state index in [9.17, 15) is 0 Å². The highest BCUT2D eigenvalue weighted by molar-refractivity contribution is 5.63. The van der Waals surface area contributed by atoms with Crippen molar-refractivity contribution in [1.29, 1.82) is 0 Å². The summed E-state index contributed by atoms with van der Waals surface area (Å²) in [6.07, 6.45) is 1.16. The maximum atomic E-state index is 4.31. The van der Waals surface area contributed by atoms with E-state index in [1.54, 1.807) is 0 Å². The zero-order valence-corrected chi connectivity index (χ0v) is 10.5. The van der Waals surface area contributed by atoms with Gasteiger partial charge in [-0.1, -0.05) is 29.8 Å². The molecule has 94 valence electrons. The lowest BCUT2D eigenvalue weighted by molar-refractivity contribution is 0.786. The number of aryl methyl sites for hydroxylation is 1. The van der Waals surface area contributed by atoms with Crippen molar-refractivity contribution < 1.29 is 0 Å². The van der Waals surface area contributed by atoms with Crippen LogP contribution in [0.15, 0.2) is 30.3 Å². The molecular formula is C14H18N4. The summed E-state index contributed by atoms with van der Waals surface area (Å²) in [6.45, 7) is 4.20. The van der Waals surface area contributed by atoms with Gasteiger partial charge in [0, 0.05) is 18.7 Å². The third kappa shape index (κ3) is 2.38. The first-order valence-corrected chi connectivity index (χ1v) is 6.41. The van der Waals surface area contributed by atoms with Gasteiger partial charge in [0.2, 0.25) is 0 Å². The minimum Gasteiger partial charge on any atom is -0.365 e. The van der Waals surface area contributed by atoms with Crippen molar-refractivity contribution in [3.8, 4) is 11.3 Å². The fourth-order valence-corrected chi connectivity index (χ4v) is 2.26. The van der Waals surface area contributed by atoms with Gasteiger partial charge < -0.3 is 10.6 Å². The van der Waals surface area contributed by atoms with Gasteiger partial charge in [0.1, 0.15) is 5.82 Å². The Hall–Kier alpha value is -1.81. The maximum absolute atomic E-state index is 4.31. The normalized spacial score (nSPS) is 19.1. The van der Waals surface area contributed by atoms with Crippen molar-refractivity contribution >= 4 is 5.82 Å². The number of aromatic amines is 1. The Morgan fingerprint density at radius 2 is 2.11 bits per heavy atom. The van der Waals surface area contributed by atoms with E-state index >= 15 is 0 Å². The van der Waals surface area contributed by atoms with Crippen LogP contribution in [0.2, 0.25) is 0 Å². The van der Waals surface area contributed by atoms with Crippen molar-refractivity contribution in [2.24, 2.45) is 0 Å². The zero-order chi connectivity index (χ0) is 12.4. The molecule has 0 bridgehead atoms. The molecule has 2 aromatic rings. The summed E-state index contributed by atoms with van der Waals surface area (Å²) in [5.74, 6) is 0.930. The molecule has 1 saturated heterocycles. The SMILES string of the molecule is Cc1ccc(-c2cc(NC3CCNC3)n[nH]2)cc1. The molecule has 1 aliphatic rings. The summed E-state index contributed by atoms with van der Waals surface area (Å²) in [5, 5.41) is 14.2. The fourth-order valence-electron chi connectivity index (χ4n) is 2.26. The lowest BCUT2D eigenvalue weighted by Crippen LogP contribution is -2.22. The van der Waals surface area contributed by atoms with E-state index < -0.39 is 0 Å². The molecule has 1 unspecified atom stereocenters. The molecule has 4 heteroatoms. The van der Waals surface area contributed by atoms with Crippen molar-refractivity contribution in [3.63, 3.8) is 0 Å². The molecule has 0 radical (unpaired) electrons. The lowest BCUT2D eigenvalue weighted by Gasteiger charge is -2.08. The molecule has 1 aliphatic heterocycles. The van der Waals surface area contributed by atoms with E-state index in [-0.39, 0.29) is 0 Å². The second-order valence-electron chi connectivity index (χ2n) is 4.87. The summed E-state index contributed by atoms with van der Waals surface area (Å²) in [5.41, 5.74) is 3.50. The summed E-state index contributed by atoms with van der Waals surface area (Å²) in [6, 6.07) is 11.0. The molecule has 0 saturated carbocycles. The van der Waals surface area contributed by atoms with Gasteiger partial charge in [0.25, 0.3) is 0 Å². The Balaban J connectivity index is 1.74. The van der Waals surface area contributed by atoms with E-state index in [0.717, 1.165) is 31.0 Å². The third-order valence-electron chi connectivity index (χ3n) is 3.35. The predicted octanol–water partition coefficient (Wildman–Crippen LogP) is 2.16. The monoisotopic (exact) mass is 242 g/mol. The van der Waals surface area contributed by atoms with Crippen LogP contribution in [0.1, 0.15) is 12.0 Å².